The highest BCUT2D eigenvalue weighted by Gasteiger charge is 2.21. The zero-order valence-electron chi connectivity index (χ0n) is 33.4. The Kier molecular flexibility index (Phi) is 11.6. The molecule has 0 unspecified atom stereocenters. The smallest absolute Gasteiger partial charge is 0.211 e. The Balaban J connectivity index is 1.03. The van der Waals surface area contributed by atoms with E-state index in [9.17, 15) is 5.26 Å². The fourth-order valence-corrected chi connectivity index (χ4v) is 7.44. The maximum Gasteiger partial charge on any atom is 0.211 e. The molecule has 7 aromatic rings. The number of methoxy groups -OCH3 is 2. The first-order valence-corrected chi connectivity index (χ1v) is 19.6. The second kappa shape index (κ2) is 17.9. The predicted molar refractivity (Wildman–Crippen MR) is 249 cm³/mol. The summed E-state index contributed by atoms with van der Waals surface area (Å²) in [5.41, 5.74) is 11.0. The summed E-state index contributed by atoms with van der Waals surface area (Å²) in [5.74, 6) is 1.66. The molecule has 0 atom stereocenters. The SMILES string of the molecule is [C-]#[N+]c1c(C=Cc2ccc(N(c3ccccc3)c3ccc(OC)cc3)cc2)ccc2c(C#N)c(C=Cc3ccc([N+](=C4C=CC(OC)=CC4)c4ccccc4)cc3)ccc12. The Bertz CT molecular complexity index is 2890. The lowest BCUT2D eigenvalue weighted by atomic mass is 9.95. The van der Waals surface area contributed by atoms with Gasteiger partial charge in [-0.15, -0.1) is 0 Å². The predicted octanol–water partition coefficient (Wildman–Crippen LogP) is 13.8. The van der Waals surface area contributed by atoms with Gasteiger partial charge in [-0.2, -0.15) is 9.84 Å². The highest BCUT2D eigenvalue weighted by Crippen LogP contribution is 2.37. The lowest BCUT2D eigenvalue weighted by molar-refractivity contribution is 0.305. The molecular formula is C54H41N4O2+. The van der Waals surface area contributed by atoms with Gasteiger partial charge in [0.25, 0.3) is 0 Å². The number of benzene rings is 7. The fourth-order valence-electron chi connectivity index (χ4n) is 7.44. The molecule has 0 aromatic heterocycles. The van der Waals surface area contributed by atoms with Crippen LogP contribution in [0.3, 0.4) is 0 Å². The molecule has 288 valence electrons. The van der Waals surface area contributed by atoms with Gasteiger partial charge in [0.05, 0.1) is 32.8 Å². The van der Waals surface area contributed by atoms with Gasteiger partial charge in [-0.25, -0.2) is 4.85 Å². The molecule has 60 heavy (non-hydrogen) atoms. The van der Waals surface area contributed by atoms with Crippen LogP contribution in [0.15, 0.2) is 182 Å². The van der Waals surface area contributed by atoms with Crippen LogP contribution in [0.2, 0.25) is 0 Å². The van der Waals surface area contributed by atoms with Crippen molar-refractivity contribution in [2.24, 2.45) is 0 Å². The number of allylic oxidation sites excluding steroid dienone is 3. The fraction of sp³-hybridized carbons (Fsp3) is 0.0556. The normalized spacial score (nSPS) is 13.2. The average Bonchev–Trinajstić information content (AvgIpc) is 3.32. The van der Waals surface area contributed by atoms with E-state index in [1.54, 1.807) is 14.2 Å². The summed E-state index contributed by atoms with van der Waals surface area (Å²) in [7, 11) is 3.35. The van der Waals surface area contributed by atoms with E-state index in [2.05, 4.69) is 105 Å². The largest absolute Gasteiger partial charge is 0.497 e. The average molecular weight is 778 g/mol. The molecule has 0 heterocycles. The van der Waals surface area contributed by atoms with E-state index < -0.39 is 0 Å². The van der Waals surface area contributed by atoms with Crippen molar-refractivity contribution >= 4 is 74.9 Å². The molecule has 0 amide bonds. The molecule has 0 spiro atoms. The van der Waals surface area contributed by atoms with E-state index in [-0.39, 0.29) is 0 Å². The van der Waals surface area contributed by atoms with Crippen LogP contribution in [-0.2, 0) is 4.74 Å². The lowest BCUT2D eigenvalue weighted by Crippen LogP contribution is -2.16. The molecule has 6 nitrogen and oxygen atoms in total. The van der Waals surface area contributed by atoms with Crippen molar-refractivity contribution in [2.45, 2.75) is 6.42 Å². The van der Waals surface area contributed by atoms with E-state index >= 15 is 0 Å². The van der Waals surface area contributed by atoms with Gasteiger partial charge < -0.3 is 14.4 Å². The number of rotatable bonds is 11. The van der Waals surface area contributed by atoms with E-state index in [4.69, 9.17) is 16.0 Å². The molecule has 6 heteroatoms. The van der Waals surface area contributed by atoms with Gasteiger partial charge in [0.2, 0.25) is 17.1 Å². The Morgan fingerprint density at radius 1 is 0.600 bits per heavy atom. The van der Waals surface area contributed by atoms with Gasteiger partial charge >= 0.3 is 0 Å². The molecule has 0 radical (unpaired) electrons. The summed E-state index contributed by atoms with van der Waals surface area (Å²) < 4.78 is 13.1. The first-order chi connectivity index (χ1) is 29.6. The van der Waals surface area contributed by atoms with Gasteiger partial charge in [-0.1, -0.05) is 97.1 Å². The van der Waals surface area contributed by atoms with Crippen molar-refractivity contribution in [1.29, 1.82) is 5.26 Å². The number of nitrogens with zero attached hydrogens (tertiary/aromatic N) is 4. The van der Waals surface area contributed by atoms with Crippen LogP contribution >= 0.6 is 0 Å². The second-order valence-corrected chi connectivity index (χ2v) is 14.1. The summed E-state index contributed by atoms with van der Waals surface area (Å²) in [6.45, 7) is 8.14. The van der Waals surface area contributed by atoms with Crippen LogP contribution in [0.5, 0.6) is 5.75 Å². The van der Waals surface area contributed by atoms with Crippen molar-refractivity contribution in [2.75, 3.05) is 19.1 Å². The highest BCUT2D eigenvalue weighted by atomic mass is 16.5. The molecule has 0 saturated carbocycles. The van der Waals surface area contributed by atoms with Crippen LogP contribution in [0.4, 0.5) is 34.1 Å². The number of anilines is 3. The number of nitriles is 1. The van der Waals surface area contributed by atoms with Crippen LogP contribution in [0.25, 0.3) is 39.9 Å². The van der Waals surface area contributed by atoms with Crippen LogP contribution in [-0.4, -0.2) is 19.9 Å². The zero-order chi connectivity index (χ0) is 41.3. The number of para-hydroxylation sites is 2. The van der Waals surface area contributed by atoms with Gasteiger partial charge in [0, 0.05) is 47.4 Å². The number of hydrogen-bond acceptors (Lipinski definition) is 4. The number of fused-ring (bicyclic) bond motifs is 1. The quantitative estimate of drug-likeness (QED) is 0.0746. The first kappa shape index (κ1) is 38.7. The van der Waals surface area contributed by atoms with E-state index in [1.807, 2.05) is 115 Å². The Morgan fingerprint density at radius 3 is 1.77 bits per heavy atom. The molecule has 0 aliphatic heterocycles. The molecule has 0 saturated heterocycles. The van der Waals surface area contributed by atoms with Crippen LogP contribution in [0.1, 0.15) is 34.2 Å². The second-order valence-electron chi connectivity index (χ2n) is 14.1. The minimum absolute atomic E-state index is 0.514. The Morgan fingerprint density at radius 2 is 1.17 bits per heavy atom. The van der Waals surface area contributed by atoms with Crippen LogP contribution in [0, 0.1) is 17.9 Å². The minimum Gasteiger partial charge on any atom is -0.497 e. The maximum absolute atomic E-state index is 10.4. The molecule has 0 N–H and O–H groups in total. The molecule has 0 fully saturated rings. The van der Waals surface area contributed by atoms with Crippen LogP contribution < -0.4 is 14.2 Å². The zero-order valence-corrected chi connectivity index (χ0v) is 33.4. The van der Waals surface area contributed by atoms with Gasteiger partial charge in [0.1, 0.15) is 17.6 Å². The van der Waals surface area contributed by atoms with Gasteiger partial charge in [0.15, 0.2) is 5.71 Å². The van der Waals surface area contributed by atoms with E-state index in [0.717, 1.165) is 85.1 Å². The molecule has 7 aromatic carbocycles. The van der Waals surface area contributed by atoms with E-state index in [1.165, 1.54) is 0 Å². The summed E-state index contributed by atoms with van der Waals surface area (Å²) in [4.78, 5) is 6.15. The van der Waals surface area contributed by atoms with Crippen molar-refractivity contribution in [1.82, 2.24) is 4.58 Å². The standard InChI is InChI=1S/C54H41N4O2/c1-56-54-42(21-15-40-18-26-46(27-19-40)58(44-12-8-5-9-13-44)48-30-34-50(60-3)35-31-48)23-36-51-52(54)37-22-41(53(51)38-55)20-14-39-16-24-45(25-17-39)57(43-10-6-4-7-11-43)47-28-32-49(59-2)33-29-47/h4-28,30-37H,29H2,2-3H3/q+1. The maximum atomic E-state index is 10.4. The Labute approximate surface area is 351 Å². The number of ether oxygens (including phenoxy) is 2. The van der Waals surface area contributed by atoms with Crippen molar-refractivity contribution in [3.05, 3.63) is 221 Å². The summed E-state index contributed by atoms with van der Waals surface area (Å²) in [6.07, 6.45) is 14.9. The molecule has 1 aliphatic rings. The van der Waals surface area contributed by atoms with Gasteiger partial charge in [-0.3, -0.25) is 0 Å². The molecule has 0 bridgehead atoms. The lowest BCUT2D eigenvalue weighted by Gasteiger charge is -2.25. The summed E-state index contributed by atoms with van der Waals surface area (Å²) in [5, 5.41) is 11.9. The highest BCUT2D eigenvalue weighted by molar-refractivity contribution is 6.04. The minimum atomic E-state index is 0.514. The third-order valence-electron chi connectivity index (χ3n) is 10.5. The molecule has 1 aliphatic carbocycles. The van der Waals surface area contributed by atoms with Gasteiger partial charge in [-0.05, 0) is 106 Å². The number of hydrogen-bond donors (Lipinski definition) is 0. The third-order valence-corrected chi connectivity index (χ3v) is 10.5. The Hall–Kier alpha value is -8.19. The molecule has 8 rings (SSSR count). The summed E-state index contributed by atoms with van der Waals surface area (Å²) >= 11 is 0. The summed E-state index contributed by atoms with van der Waals surface area (Å²) in [6, 6.07) is 55.5. The first-order valence-electron chi connectivity index (χ1n) is 19.6. The van der Waals surface area contributed by atoms with E-state index in [0.29, 0.717) is 11.3 Å². The van der Waals surface area contributed by atoms with Crippen molar-refractivity contribution in [3.63, 3.8) is 0 Å². The van der Waals surface area contributed by atoms with Crippen molar-refractivity contribution < 1.29 is 9.47 Å². The molecular weight excluding hydrogens is 737 g/mol. The third kappa shape index (κ3) is 8.27. The topological polar surface area (TPSA) is 52.9 Å². The van der Waals surface area contributed by atoms with Crippen molar-refractivity contribution in [3.8, 4) is 11.8 Å². The monoisotopic (exact) mass is 777 g/mol.